The van der Waals surface area contributed by atoms with Crippen molar-refractivity contribution in [2.45, 2.75) is 116 Å². The number of benzene rings is 1. The zero-order valence-corrected chi connectivity index (χ0v) is 31.3. The van der Waals surface area contributed by atoms with Crippen LogP contribution in [0.15, 0.2) is 41.0 Å². The number of ketones is 1. The number of unbranched alkanes of at least 4 members (excludes halogenated alkanes) is 2. The third-order valence-corrected chi connectivity index (χ3v) is 12.6. The first-order valence-electron chi connectivity index (χ1n) is 18.3. The fourth-order valence-electron chi connectivity index (χ4n) is 9.36. The molecule has 0 radical (unpaired) electrons. The Morgan fingerprint density at radius 1 is 1.19 bits per heavy atom. The quantitative estimate of drug-likeness (QED) is 0.104. The maximum Gasteiger partial charge on any atom is 0.445 e. The van der Waals surface area contributed by atoms with Crippen LogP contribution in [-0.4, -0.2) is 63.8 Å². The van der Waals surface area contributed by atoms with Crippen LogP contribution < -0.4 is 5.32 Å². The number of ether oxygens (including phenoxy) is 2. The van der Waals surface area contributed by atoms with Gasteiger partial charge in [-0.1, -0.05) is 69.7 Å². The van der Waals surface area contributed by atoms with Crippen molar-refractivity contribution < 1.29 is 52.3 Å². The molecule has 1 aliphatic heterocycles. The highest BCUT2D eigenvalue weighted by molar-refractivity contribution is 6.30. The Morgan fingerprint density at radius 3 is 2.51 bits per heavy atom. The molecule has 1 amide bonds. The van der Waals surface area contributed by atoms with Gasteiger partial charge >= 0.3 is 18.2 Å². The van der Waals surface area contributed by atoms with E-state index in [0.29, 0.717) is 23.5 Å². The number of cyclic esters (lactones) is 1. The van der Waals surface area contributed by atoms with Gasteiger partial charge in [0.25, 0.3) is 5.60 Å². The van der Waals surface area contributed by atoms with Crippen molar-refractivity contribution in [2.24, 2.45) is 34.5 Å². The van der Waals surface area contributed by atoms with Crippen LogP contribution in [0, 0.1) is 46.3 Å². The second-order valence-corrected chi connectivity index (χ2v) is 16.5. The molecular formula is C40H47ClF3NO8. The number of esters is 1. The molecule has 288 valence electrons. The Bertz CT molecular complexity index is 1820. The van der Waals surface area contributed by atoms with Gasteiger partial charge in [-0.25, -0.2) is 4.79 Å². The lowest BCUT2D eigenvalue weighted by Gasteiger charge is -2.48. The number of halogens is 4. The Labute approximate surface area is 312 Å². The summed E-state index contributed by atoms with van der Waals surface area (Å²) < 4.78 is 51.2. The number of nitrogens with one attached hydrogen (secondary N) is 1. The van der Waals surface area contributed by atoms with E-state index in [9.17, 15) is 42.9 Å². The Hall–Kier alpha value is -3.37. The van der Waals surface area contributed by atoms with E-state index < -0.39 is 53.7 Å². The van der Waals surface area contributed by atoms with E-state index in [1.165, 1.54) is 12.1 Å². The second-order valence-electron chi connectivity index (χ2n) is 16.1. The van der Waals surface area contributed by atoms with Gasteiger partial charge in [0, 0.05) is 29.3 Å². The van der Waals surface area contributed by atoms with Crippen LogP contribution in [-0.2, 0) is 24.7 Å². The van der Waals surface area contributed by atoms with E-state index in [1.807, 2.05) is 6.92 Å². The van der Waals surface area contributed by atoms with Crippen LogP contribution >= 0.6 is 11.6 Å². The first kappa shape index (κ1) is 39.3. The zero-order chi connectivity index (χ0) is 38.9. The van der Waals surface area contributed by atoms with Crippen LogP contribution in [0.25, 0.3) is 0 Å². The van der Waals surface area contributed by atoms with E-state index in [-0.39, 0.29) is 58.1 Å². The third-order valence-electron chi connectivity index (χ3n) is 12.4. The second kappa shape index (κ2) is 13.7. The number of amides is 1. The summed E-state index contributed by atoms with van der Waals surface area (Å²) in [5, 5.41) is 36.5. The molecular weight excluding hydrogens is 715 g/mol. The lowest BCUT2D eigenvalue weighted by Crippen LogP contribution is -2.65. The molecule has 1 spiro atoms. The minimum atomic E-state index is -4.87. The van der Waals surface area contributed by atoms with Gasteiger partial charge in [0.15, 0.2) is 11.7 Å². The summed E-state index contributed by atoms with van der Waals surface area (Å²) in [4.78, 5) is 38.0. The zero-order valence-electron chi connectivity index (χ0n) is 30.5. The van der Waals surface area contributed by atoms with Gasteiger partial charge in [-0.05, 0) is 91.0 Å². The summed E-state index contributed by atoms with van der Waals surface area (Å²) in [6.45, 7) is 9.67. The number of aliphatic hydroxyl groups excluding tert-OH is 2. The molecule has 7 rings (SSSR count). The Kier molecular flexibility index (Phi) is 10.2. The average Bonchev–Trinajstić information content (AvgIpc) is 3.98. The van der Waals surface area contributed by atoms with Crippen molar-refractivity contribution in [1.29, 1.82) is 0 Å². The number of hydrogen-bond donors (Lipinski definition) is 4. The van der Waals surface area contributed by atoms with Gasteiger partial charge in [0.05, 0.1) is 17.7 Å². The number of fused-ring (bicyclic) bond motifs is 5. The van der Waals surface area contributed by atoms with Crippen molar-refractivity contribution in [3.63, 3.8) is 0 Å². The molecule has 5 aliphatic carbocycles. The number of Topliss-reactive ketones (excluding diaryl/α,β-unsaturated/α-hetero) is 1. The molecule has 9 nitrogen and oxygen atoms in total. The topological polar surface area (TPSA) is 142 Å². The molecule has 3 saturated carbocycles. The maximum atomic E-state index is 13.9. The van der Waals surface area contributed by atoms with Crippen LogP contribution in [0.4, 0.5) is 23.7 Å². The van der Waals surface area contributed by atoms with Crippen molar-refractivity contribution >= 4 is 35.1 Å². The van der Waals surface area contributed by atoms with Crippen molar-refractivity contribution in [3.05, 3.63) is 51.6 Å². The van der Waals surface area contributed by atoms with Crippen molar-refractivity contribution in [1.82, 2.24) is 0 Å². The molecule has 13 heteroatoms. The molecule has 1 aromatic rings. The van der Waals surface area contributed by atoms with Crippen molar-refractivity contribution in [2.75, 3.05) is 11.9 Å². The van der Waals surface area contributed by atoms with Crippen LogP contribution in [0.3, 0.4) is 0 Å². The maximum absolute atomic E-state index is 13.9. The molecule has 1 aromatic carbocycles. The van der Waals surface area contributed by atoms with E-state index >= 15 is 0 Å². The summed E-state index contributed by atoms with van der Waals surface area (Å²) in [6, 6.07) is 3.81. The number of rotatable bonds is 6. The fraction of sp³-hybridized carbons (Fsp3) is 0.625. The van der Waals surface area contributed by atoms with Crippen LogP contribution in [0.1, 0.15) is 91.5 Å². The van der Waals surface area contributed by atoms with Gasteiger partial charge in [0.2, 0.25) is 0 Å². The number of carbonyl (C=O) groups excluding carboxylic acids is 3. The molecule has 0 aromatic heterocycles. The van der Waals surface area contributed by atoms with Crippen LogP contribution in [0.2, 0.25) is 5.02 Å². The Balaban J connectivity index is 0.000000198. The molecule has 53 heavy (non-hydrogen) atoms. The normalized spacial score (nSPS) is 34.9. The molecule has 2 bridgehead atoms. The van der Waals surface area contributed by atoms with Gasteiger partial charge < -0.3 is 24.8 Å². The minimum Gasteiger partial charge on any atom is -0.455 e. The Morgan fingerprint density at radius 2 is 1.89 bits per heavy atom. The lowest BCUT2D eigenvalue weighted by molar-refractivity contribution is -0.239. The third kappa shape index (κ3) is 6.29. The smallest absolute Gasteiger partial charge is 0.445 e. The van der Waals surface area contributed by atoms with Crippen molar-refractivity contribution in [3.8, 4) is 11.8 Å². The van der Waals surface area contributed by atoms with E-state index in [1.54, 1.807) is 13.0 Å². The van der Waals surface area contributed by atoms with Gasteiger partial charge in [-0.3, -0.25) is 14.9 Å². The summed E-state index contributed by atoms with van der Waals surface area (Å²) in [7, 11) is 0. The predicted molar refractivity (Wildman–Crippen MR) is 189 cm³/mol. The number of aliphatic hydroxyl groups is 3. The number of alkyl halides is 3. The fourth-order valence-corrected chi connectivity index (χ4v) is 9.53. The van der Waals surface area contributed by atoms with Gasteiger partial charge in [0.1, 0.15) is 11.9 Å². The number of anilines is 1. The van der Waals surface area contributed by atoms with E-state index in [4.69, 9.17) is 16.3 Å². The number of allylic oxidation sites excluding steroid dienone is 1. The summed E-state index contributed by atoms with van der Waals surface area (Å²) in [5.41, 5.74) is -5.01. The van der Waals surface area contributed by atoms with Crippen LogP contribution in [0.5, 0.6) is 0 Å². The monoisotopic (exact) mass is 761 g/mol. The summed E-state index contributed by atoms with van der Waals surface area (Å²) in [6.07, 6.45) is -1.77. The van der Waals surface area contributed by atoms with E-state index in [0.717, 1.165) is 43.7 Å². The first-order valence-corrected chi connectivity index (χ1v) is 18.7. The molecule has 4 N–H and O–H groups in total. The lowest BCUT2D eigenvalue weighted by atomic mass is 9.59. The number of carbonyl (C=O) groups is 3. The molecule has 8 atom stereocenters. The summed E-state index contributed by atoms with van der Waals surface area (Å²) >= 11 is 5.78. The van der Waals surface area contributed by atoms with Gasteiger partial charge in [-0.2, -0.15) is 13.2 Å². The molecule has 0 unspecified atom stereocenters. The van der Waals surface area contributed by atoms with Gasteiger partial charge in [-0.15, -0.1) is 0 Å². The highest BCUT2D eigenvalue weighted by Crippen LogP contribution is 2.71. The first-order chi connectivity index (χ1) is 24.8. The van der Waals surface area contributed by atoms with E-state index in [2.05, 4.69) is 42.7 Å². The number of hydrogen-bond acceptors (Lipinski definition) is 8. The standard InChI is InChI=1S/C26H38O6.C14H9ClF3NO2/c1-6-7-8-9-20(29)32-23-14(2)12-25-15(3)10-18-21(24(18,4)5)16(11-19(25)28)17(13-27)22(30)26(23,25)31;15-9-3-4-11-10(7-9)13(14(16,17)18,21-12(20)19-11)6-5-8-1-2-8/h12,15,18,21-23,27,30-31H,6-11,13H2,1-5H3;3-4,7-8H,1-2H2,(H,19,20)/t15-,18-,21+,22-,23+,25+,26+;13-/m10/s1. The molecule has 3 fully saturated rings. The minimum absolute atomic E-state index is 0.00179. The molecule has 6 aliphatic rings. The average molecular weight is 762 g/mol. The summed E-state index contributed by atoms with van der Waals surface area (Å²) in [5.74, 6) is 4.18. The highest BCUT2D eigenvalue weighted by Gasteiger charge is 2.74. The molecule has 1 heterocycles. The SMILES string of the molecule is CCCCCC(=O)O[C@H]1C(C)=C[C@]23C(=O)CC(=C(CO)[C@@H](O)[C@]12O)[C@H]1[C@@H](C[C@H]3C)C1(C)C.O=C1Nc2ccc(Cl)cc2[C@@](C#CC2CC2)(C(F)(F)F)O1. The largest absolute Gasteiger partial charge is 0.455 e. The molecule has 0 saturated heterocycles. The predicted octanol–water partition coefficient (Wildman–Crippen LogP) is 7.16. The highest BCUT2D eigenvalue weighted by atomic mass is 35.5.